The molecule has 0 amide bonds. The van der Waals surface area contributed by atoms with E-state index >= 15 is 0 Å². The maximum atomic E-state index is 6.19. The molecule has 2 heterocycles. The number of halogens is 2. The van der Waals surface area contributed by atoms with E-state index in [4.69, 9.17) is 16.3 Å². The Morgan fingerprint density at radius 1 is 1.32 bits per heavy atom. The van der Waals surface area contributed by atoms with Crippen molar-refractivity contribution in [3.05, 3.63) is 34.9 Å². The molecule has 6 heteroatoms. The SMILES string of the molecule is Clc1cccc(C2(CNC3=NCCCN3)CCOCC2)c1.I. The van der Waals surface area contributed by atoms with E-state index in [2.05, 4.69) is 27.8 Å². The summed E-state index contributed by atoms with van der Waals surface area (Å²) in [5, 5.41) is 7.61. The van der Waals surface area contributed by atoms with Gasteiger partial charge < -0.3 is 15.4 Å². The fraction of sp³-hybridized carbons (Fsp3) is 0.562. The highest BCUT2D eigenvalue weighted by molar-refractivity contribution is 14.0. The van der Waals surface area contributed by atoms with Crippen LogP contribution in [-0.2, 0) is 10.2 Å². The highest BCUT2D eigenvalue weighted by atomic mass is 127. The zero-order valence-corrected chi connectivity index (χ0v) is 15.7. The summed E-state index contributed by atoms with van der Waals surface area (Å²) in [7, 11) is 0. The molecule has 0 unspecified atom stereocenters. The van der Waals surface area contributed by atoms with Crippen LogP contribution >= 0.6 is 35.6 Å². The molecule has 122 valence electrons. The third-order valence-electron chi connectivity index (χ3n) is 4.38. The zero-order valence-electron chi connectivity index (χ0n) is 12.6. The maximum absolute atomic E-state index is 6.19. The molecule has 1 saturated heterocycles. The van der Waals surface area contributed by atoms with Gasteiger partial charge in [-0.2, -0.15) is 0 Å². The Kier molecular flexibility index (Phi) is 6.77. The lowest BCUT2D eigenvalue weighted by molar-refractivity contribution is 0.0513. The van der Waals surface area contributed by atoms with E-state index in [-0.39, 0.29) is 29.4 Å². The van der Waals surface area contributed by atoms with Crippen molar-refractivity contribution in [2.24, 2.45) is 4.99 Å². The van der Waals surface area contributed by atoms with Crippen molar-refractivity contribution in [1.82, 2.24) is 10.6 Å². The lowest BCUT2D eigenvalue weighted by Gasteiger charge is -2.38. The van der Waals surface area contributed by atoms with Crippen LogP contribution in [0.1, 0.15) is 24.8 Å². The topological polar surface area (TPSA) is 45.7 Å². The molecular weight excluding hydrogens is 413 g/mol. The Balaban J connectivity index is 0.00000176. The van der Waals surface area contributed by atoms with E-state index in [0.29, 0.717) is 0 Å². The lowest BCUT2D eigenvalue weighted by atomic mass is 9.74. The molecule has 1 aromatic carbocycles. The van der Waals surface area contributed by atoms with Gasteiger partial charge in [-0.3, -0.25) is 4.99 Å². The summed E-state index contributed by atoms with van der Waals surface area (Å²) in [6, 6.07) is 8.23. The van der Waals surface area contributed by atoms with Crippen LogP contribution < -0.4 is 10.6 Å². The smallest absolute Gasteiger partial charge is 0.191 e. The molecule has 0 bridgehead atoms. The summed E-state index contributed by atoms with van der Waals surface area (Å²) < 4.78 is 5.56. The van der Waals surface area contributed by atoms with Gasteiger partial charge in [-0.05, 0) is 37.0 Å². The summed E-state index contributed by atoms with van der Waals surface area (Å²) in [5.74, 6) is 0.925. The molecule has 2 aliphatic rings. The minimum atomic E-state index is 0. The number of aliphatic imine (C=N–C) groups is 1. The third kappa shape index (κ3) is 4.26. The lowest BCUT2D eigenvalue weighted by Crippen LogP contribution is -2.49. The molecule has 2 aliphatic heterocycles. The molecule has 2 N–H and O–H groups in total. The minimum Gasteiger partial charge on any atom is -0.381 e. The van der Waals surface area contributed by atoms with Crippen molar-refractivity contribution >= 4 is 41.5 Å². The first-order valence-corrected chi connectivity index (χ1v) is 8.02. The Hall–Kier alpha value is -0.530. The molecule has 1 aromatic rings. The minimum absolute atomic E-state index is 0. The molecule has 0 atom stereocenters. The third-order valence-corrected chi connectivity index (χ3v) is 4.61. The van der Waals surface area contributed by atoms with Crippen LogP contribution in [0.4, 0.5) is 0 Å². The maximum Gasteiger partial charge on any atom is 0.191 e. The molecule has 0 aromatic heterocycles. The van der Waals surface area contributed by atoms with Crippen LogP contribution in [0, 0.1) is 0 Å². The summed E-state index contributed by atoms with van der Waals surface area (Å²) in [5.41, 5.74) is 1.37. The van der Waals surface area contributed by atoms with Crippen LogP contribution in [-0.4, -0.2) is 38.8 Å². The first-order valence-electron chi connectivity index (χ1n) is 7.65. The molecule has 3 rings (SSSR count). The summed E-state index contributed by atoms with van der Waals surface area (Å²) in [4.78, 5) is 4.49. The Labute approximate surface area is 154 Å². The fourth-order valence-corrected chi connectivity index (χ4v) is 3.24. The average molecular weight is 436 g/mol. The van der Waals surface area contributed by atoms with E-state index in [9.17, 15) is 0 Å². The second-order valence-electron chi connectivity index (χ2n) is 5.77. The van der Waals surface area contributed by atoms with E-state index in [1.165, 1.54) is 5.56 Å². The zero-order chi connectivity index (χ0) is 14.5. The largest absolute Gasteiger partial charge is 0.381 e. The number of ether oxygens (including phenoxy) is 1. The number of hydrogen-bond donors (Lipinski definition) is 2. The number of rotatable bonds is 3. The standard InChI is InChI=1S/C16H22ClN3O.HI/c17-14-4-1-3-13(11-14)16(5-9-21-10-6-16)12-20-15-18-7-2-8-19-15;/h1,3-4,11H,2,5-10,12H2,(H2,18,19,20);1H. The quantitative estimate of drug-likeness (QED) is 0.718. The Morgan fingerprint density at radius 3 is 2.82 bits per heavy atom. The fourth-order valence-electron chi connectivity index (χ4n) is 3.05. The Bertz CT molecular complexity index is 518. The molecule has 22 heavy (non-hydrogen) atoms. The van der Waals surface area contributed by atoms with Crippen LogP contribution in [0.15, 0.2) is 29.3 Å². The van der Waals surface area contributed by atoms with E-state index in [0.717, 1.165) is 63.1 Å². The second-order valence-corrected chi connectivity index (χ2v) is 6.20. The van der Waals surface area contributed by atoms with Crippen molar-refractivity contribution in [3.63, 3.8) is 0 Å². The summed E-state index contributed by atoms with van der Waals surface area (Å²) in [6.07, 6.45) is 3.12. The van der Waals surface area contributed by atoms with Gasteiger partial charge in [-0.1, -0.05) is 23.7 Å². The van der Waals surface area contributed by atoms with Crippen molar-refractivity contribution in [1.29, 1.82) is 0 Å². The number of nitrogens with zero attached hydrogens (tertiary/aromatic N) is 1. The highest BCUT2D eigenvalue weighted by Crippen LogP contribution is 2.35. The van der Waals surface area contributed by atoms with E-state index < -0.39 is 0 Å². The van der Waals surface area contributed by atoms with Crippen molar-refractivity contribution in [3.8, 4) is 0 Å². The molecular formula is C16H23ClIN3O. The number of hydrogen-bond acceptors (Lipinski definition) is 4. The van der Waals surface area contributed by atoms with E-state index in [1.807, 2.05) is 12.1 Å². The van der Waals surface area contributed by atoms with Gasteiger partial charge in [0.05, 0.1) is 0 Å². The molecule has 4 nitrogen and oxygen atoms in total. The summed E-state index contributed by atoms with van der Waals surface area (Å²) in [6.45, 7) is 4.37. The van der Waals surface area contributed by atoms with Gasteiger partial charge in [0.15, 0.2) is 5.96 Å². The van der Waals surface area contributed by atoms with Crippen LogP contribution in [0.5, 0.6) is 0 Å². The van der Waals surface area contributed by atoms with Gasteiger partial charge in [0.1, 0.15) is 0 Å². The normalized spacial score (nSPS) is 20.3. The van der Waals surface area contributed by atoms with Gasteiger partial charge in [-0.15, -0.1) is 24.0 Å². The van der Waals surface area contributed by atoms with Crippen molar-refractivity contribution in [2.75, 3.05) is 32.8 Å². The van der Waals surface area contributed by atoms with Crippen LogP contribution in [0.3, 0.4) is 0 Å². The summed E-state index contributed by atoms with van der Waals surface area (Å²) >= 11 is 6.19. The number of guanidine groups is 1. The number of nitrogens with one attached hydrogen (secondary N) is 2. The molecule has 0 aliphatic carbocycles. The highest BCUT2D eigenvalue weighted by Gasteiger charge is 2.34. The van der Waals surface area contributed by atoms with E-state index in [1.54, 1.807) is 0 Å². The Morgan fingerprint density at radius 2 is 2.14 bits per heavy atom. The van der Waals surface area contributed by atoms with Gasteiger partial charge in [0, 0.05) is 43.3 Å². The van der Waals surface area contributed by atoms with Crippen LogP contribution in [0.25, 0.3) is 0 Å². The molecule has 0 spiro atoms. The predicted molar refractivity (Wildman–Crippen MR) is 102 cm³/mol. The van der Waals surface area contributed by atoms with Gasteiger partial charge in [-0.25, -0.2) is 0 Å². The number of benzene rings is 1. The first-order chi connectivity index (χ1) is 10.3. The van der Waals surface area contributed by atoms with Crippen molar-refractivity contribution in [2.45, 2.75) is 24.7 Å². The predicted octanol–water partition coefficient (Wildman–Crippen LogP) is 2.95. The second kappa shape index (κ2) is 8.36. The average Bonchev–Trinajstić information content (AvgIpc) is 2.55. The first kappa shape index (κ1) is 17.8. The van der Waals surface area contributed by atoms with Crippen molar-refractivity contribution < 1.29 is 4.74 Å². The van der Waals surface area contributed by atoms with Crippen LogP contribution in [0.2, 0.25) is 5.02 Å². The van der Waals surface area contributed by atoms with Gasteiger partial charge in [0.2, 0.25) is 0 Å². The van der Waals surface area contributed by atoms with Gasteiger partial charge >= 0.3 is 0 Å². The molecule has 0 radical (unpaired) electrons. The monoisotopic (exact) mass is 435 g/mol. The van der Waals surface area contributed by atoms with Gasteiger partial charge in [0.25, 0.3) is 0 Å². The molecule has 1 fully saturated rings. The molecule has 0 saturated carbocycles.